The maximum absolute atomic E-state index is 5.88. The molecule has 0 bridgehead atoms. The van der Waals surface area contributed by atoms with Crippen molar-refractivity contribution in [2.45, 2.75) is 52.1 Å². The van der Waals surface area contributed by atoms with Crippen molar-refractivity contribution in [2.75, 3.05) is 6.61 Å². The van der Waals surface area contributed by atoms with Crippen molar-refractivity contribution >= 4 is 0 Å². The molecule has 0 aromatic carbocycles. The first-order valence-corrected chi connectivity index (χ1v) is 7.09. The van der Waals surface area contributed by atoms with Crippen LogP contribution < -0.4 is 0 Å². The Bertz CT molecular complexity index is 286. The van der Waals surface area contributed by atoms with E-state index in [1.807, 2.05) is 0 Å². The van der Waals surface area contributed by atoms with Gasteiger partial charge < -0.3 is 4.74 Å². The SMILES string of the molecule is CCO[C@H]1CC(C2CC2)[C@@H](C2CC2)C=C1C. The minimum atomic E-state index is 0.436. The van der Waals surface area contributed by atoms with Gasteiger partial charge in [0.15, 0.2) is 0 Å². The molecule has 1 nitrogen and oxygen atoms in total. The van der Waals surface area contributed by atoms with Gasteiger partial charge in [0.2, 0.25) is 0 Å². The van der Waals surface area contributed by atoms with E-state index in [1.165, 1.54) is 37.7 Å². The first kappa shape index (κ1) is 10.8. The normalized spacial score (nSPS) is 39.6. The Morgan fingerprint density at radius 1 is 1.19 bits per heavy atom. The van der Waals surface area contributed by atoms with Crippen molar-refractivity contribution in [3.63, 3.8) is 0 Å². The van der Waals surface area contributed by atoms with Gasteiger partial charge in [-0.25, -0.2) is 0 Å². The molecular formula is C15H24O. The zero-order valence-electron chi connectivity index (χ0n) is 10.6. The summed E-state index contributed by atoms with van der Waals surface area (Å²) in [6.45, 7) is 5.26. The predicted octanol–water partition coefficient (Wildman–Crippen LogP) is 3.79. The lowest BCUT2D eigenvalue weighted by Crippen LogP contribution is -2.30. The molecule has 0 radical (unpaired) electrons. The van der Waals surface area contributed by atoms with E-state index < -0.39 is 0 Å². The molecule has 3 aliphatic rings. The second-order valence-corrected chi connectivity index (χ2v) is 6.01. The van der Waals surface area contributed by atoms with Gasteiger partial charge in [-0.3, -0.25) is 0 Å². The molecule has 3 atom stereocenters. The summed E-state index contributed by atoms with van der Waals surface area (Å²) >= 11 is 0. The Balaban J connectivity index is 1.75. The fourth-order valence-electron chi connectivity index (χ4n) is 3.52. The Kier molecular flexibility index (Phi) is 2.83. The molecule has 0 aliphatic heterocycles. The summed E-state index contributed by atoms with van der Waals surface area (Å²) in [5, 5.41) is 0. The summed E-state index contributed by atoms with van der Waals surface area (Å²) in [6.07, 6.45) is 10.3. The van der Waals surface area contributed by atoms with Crippen LogP contribution in [-0.4, -0.2) is 12.7 Å². The lowest BCUT2D eigenvalue weighted by atomic mass is 9.74. The van der Waals surface area contributed by atoms with E-state index in [4.69, 9.17) is 4.74 Å². The van der Waals surface area contributed by atoms with Crippen LogP contribution in [0.2, 0.25) is 0 Å². The summed E-state index contributed by atoms with van der Waals surface area (Å²) < 4.78 is 5.88. The highest BCUT2D eigenvalue weighted by Gasteiger charge is 2.45. The first-order valence-electron chi connectivity index (χ1n) is 7.09. The van der Waals surface area contributed by atoms with Gasteiger partial charge in [-0.1, -0.05) is 6.08 Å². The molecule has 0 spiro atoms. The smallest absolute Gasteiger partial charge is 0.0785 e. The topological polar surface area (TPSA) is 9.23 Å². The maximum atomic E-state index is 5.88. The number of rotatable bonds is 4. The van der Waals surface area contributed by atoms with Crippen LogP contribution in [0.3, 0.4) is 0 Å². The quantitative estimate of drug-likeness (QED) is 0.655. The molecule has 0 aromatic rings. The highest BCUT2D eigenvalue weighted by molar-refractivity contribution is 5.17. The highest BCUT2D eigenvalue weighted by Crippen LogP contribution is 2.53. The number of ether oxygens (including phenoxy) is 1. The molecule has 1 unspecified atom stereocenters. The van der Waals surface area contributed by atoms with Crippen LogP contribution in [0.25, 0.3) is 0 Å². The summed E-state index contributed by atoms with van der Waals surface area (Å²) in [5.74, 6) is 3.93. The van der Waals surface area contributed by atoms with Crippen molar-refractivity contribution in [1.82, 2.24) is 0 Å². The van der Waals surface area contributed by atoms with Crippen LogP contribution in [0.5, 0.6) is 0 Å². The number of hydrogen-bond donors (Lipinski definition) is 0. The molecule has 90 valence electrons. The summed E-state index contributed by atoms with van der Waals surface area (Å²) in [5.41, 5.74) is 1.51. The Morgan fingerprint density at radius 3 is 2.44 bits per heavy atom. The lowest BCUT2D eigenvalue weighted by molar-refractivity contribution is 0.0491. The van der Waals surface area contributed by atoms with Gasteiger partial charge in [0.1, 0.15) is 0 Å². The van der Waals surface area contributed by atoms with Gasteiger partial charge in [-0.15, -0.1) is 0 Å². The van der Waals surface area contributed by atoms with Crippen LogP contribution >= 0.6 is 0 Å². The number of allylic oxidation sites excluding steroid dienone is 1. The Labute approximate surface area is 99.3 Å². The van der Waals surface area contributed by atoms with Crippen molar-refractivity contribution in [3.8, 4) is 0 Å². The van der Waals surface area contributed by atoms with E-state index in [0.29, 0.717) is 6.10 Å². The van der Waals surface area contributed by atoms with Crippen molar-refractivity contribution in [2.24, 2.45) is 23.7 Å². The highest BCUT2D eigenvalue weighted by atomic mass is 16.5. The van der Waals surface area contributed by atoms with E-state index in [2.05, 4.69) is 19.9 Å². The minimum absolute atomic E-state index is 0.436. The van der Waals surface area contributed by atoms with E-state index >= 15 is 0 Å². The molecule has 0 heterocycles. The lowest BCUT2D eigenvalue weighted by Gasteiger charge is -2.35. The van der Waals surface area contributed by atoms with Crippen LogP contribution in [0.15, 0.2) is 11.6 Å². The van der Waals surface area contributed by atoms with Crippen LogP contribution in [0.1, 0.15) is 46.0 Å². The molecule has 2 saturated carbocycles. The van der Waals surface area contributed by atoms with E-state index in [0.717, 1.165) is 30.3 Å². The van der Waals surface area contributed by atoms with E-state index in [9.17, 15) is 0 Å². The Morgan fingerprint density at radius 2 is 1.88 bits per heavy atom. The molecule has 0 aromatic heterocycles. The van der Waals surface area contributed by atoms with Gasteiger partial charge in [-0.05, 0) is 75.2 Å². The molecule has 0 N–H and O–H groups in total. The molecule has 0 amide bonds. The van der Waals surface area contributed by atoms with Crippen LogP contribution in [-0.2, 0) is 4.74 Å². The summed E-state index contributed by atoms with van der Waals surface area (Å²) in [6, 6.07) is 0. The van der Waals surface area contributed by atoms with Crippen molar-refractivity contribution in [3.05, 3.63) is 11.6 Å². The molecule has 1 heteroatoms. The van der Waals surface area contributed by atoms with Gasteiger partial charge in [0, 0.05) is 6.61 Å². The molecule has 3 aliphatic carbocycles. The second-order valence-electron chi connectivity index (χ2n) is 6.01. The van der Waals surface area contributed by atoms with E-state index in [-0.39, 0.29) is 0 Å². The maximum Gasteiger partial charge on any atom is 0.0785 e. The Hall–Kier alpha value is -0.300. The number of hydrogen-bond acceptors (Lipinski definition) is 1. The zero-order valence-corrected chi connectivity index (χ0v) is 10.6. The van der Waals surface area contributed by atoms with Gasteiger partial charge >= 0.3 is 0 Å². The van der Waals surface area contributed by atoms with Crippen LogP contribution in [0.4, 0.5) is 0 Å². The summed E-state index contributed by atoms with van der Waals surface area (Å²) in [4.78, 5) is 0. The standard InChI is InChI=1S/C15H24O/c1-3-16-15-9-14(12-6-7-12)13(8-10(15)2)11-4-5-11/h8,11-15H,3-7,9H2,1-2H3/t13-,14?,15+/m1/s1. The zero-order chi connectivity index (χ0) is 11.1. The fraction of sp³-hybridized carbons (Fsp3) is 0.867. The second kappa shape index (κ2) is 4.18. The predicted molar refractivity (Wildman–Crippen MR) is 66.2 cm³/mol. The van der Waals surface area contributed by atoms with E-state index in [1.54, 1.807) is 0 Å². The van der Waals surface area contributed by atoms with Crippen molar-refractivity contribution < 1.29 is 4.74 Å². The monoisotopic (exact) mass is 220 g/mol. The third-order valence-corrected chi connectivity index (χ3v) is 4.71. The largest absolute Gasteiger partial charge is 0.374 e. The molecule has 16 heavy (non-hydrogen) atoms. The minimum Gasteiger partial charge on any atom is -0.374 e. The third kappa shape index (κ3) is 2.07. The molecule has 3 rings (SSSR count). The average molecular weight is 220 g/mol. The summed E-state index contributed by atoms with van der Waals surface area (Å²) in [7, 11) is 0. The molecule has 2 fully saturated rings. The van der Waals surface area contributed by atoms with Gasteiger partial charge in [-0.2, -0.15) is 0 Å². The van der Waals surface area contributed by atoms with Crippen molar-refractivity contribution in [1.29, 1.82) is 0 Å². The van der Waals surface area contributed by atoms with Gasteiger partial charge in [0.25, 0.3) is 0 Å². The average Bonchev–Trinajstić information content (AvgIpc) is 3.15. The van der Waals surface area contributed by atoms with Gasteiger partial charge in [0.05, 0.1) is 6.10 Å². The van der Waals surface area contributed by atoms with Crippen LogP contribution in [0, 0.1) is 23.7 Å². The molecular weight excluding hydrogens is 196 g/mol. The third-order valence-electron chi connectivity index (χ3n) is 4.71. The first-order chi connectivity index (χ1) is 7.79. The molecule has 0 saturated heterocycles. The fourth-order valence-corrected chi connectivity index (χ4v) is 3.52.